The Hall–Kier alpha value is -1.51. The van der Waals surface area contributed by atoms with E-state index >= 15 is 0 Å². The Bertz CT molecular complexity index is 245. The van der Waals surface area contributed by atoms with Gasteiger partial charge in [-0.05, 0) is 5.56 Å². The van der Waals surface area contributed by atoms with Gasteiger partial charge < -0.3 is 10.3 Å². The number of oxime groups is 1. The standard InChI is InChI=1S/C7H7NO2/c9-7-4-2-1-3-6(7)5-8-10/h1-5,9-10H/p-1. The lowest BCUT2D eigenvalue weighted by Gasteiger charge is -2.06. The minimum absolute atomic E-state index is 0.139. The lowest BCUT2D eigenvalue weighted by atomic mass is 10.2. The van der Waals surface area contributed by atoms with E-state index in [1.165, 1.54) is 6.07 Å². The van der Waals surface area contributed by atoms with Crippen LogP contribution in [0.5, 0.6) is 5.75 Å². The molecule has 0 bridgehead atoms. The first-order valence-electron chi connectivity index (χ1n) is 2.78. The summed E-state index contributed by atoms with van der Waals surface area (Å²) in [6, 6.07) is 6.34. The van der Waals surface area contributed by atoms with Gasteiger partial charge in [0.05, 0.1) is 6.21 Å². The molecule has 0 radical (unpaired) electrons. The van der Waals surface area contributed by atoms with Crippen molar-refractivity contribution >= 4 is 6.21 Å². The highest BCUT2D eigenvalue weighted by Gasteiger charge is 1.84. The molecule has 3 heteroatoms. The summed E-state index contributed by atoms with van der Waals surface area (Å²) in [6.07, 6.45) is 1.11. The Morgan fingerprint density at radius 3 is 2.70 bits per heavy atom. The first-order valence-corrected chi connectivity index (χ1v) is 2.78. The lowest BCUT2D eigenvalue weighted by molar-refractivity contribution is -0.268. The molecule has 3 nitrogen and oxygen atoms in total. The van der Waals surface area contributed by atoms with E-state index < -0.39 is 0 Å². The van der Waals surface area contributed by atoms with Crippen molar-refractivity contribution in [3.05, 3.63) is 29.8 Å². The van der Waals surface area contributed by atoms with E-state index in [9.17, 15) is 5.11 Å². The highest BCUT2D eigenvalue weighted by molar-refractivity contribution is 5.82. The molecular weight excluding hydrogens is 130 g/mol. The monoisotopic (exact) mass is 136 g/mol. The molecule has 0 aliphatic carbocycles. The van der Waals surface area contributed by atoms with E-state index in [1.54, 1.807) is 18.2 Å². The Morgan fingerprint density at radius 1 is 1.40 bits per heavy atom. The smallest absolute Gasteiger partial charge is 0.0727 e. The average Bonchev–Trinajstić information content (AvgIpc) is 1.94. The molecule has 1 rings (SSSR count). The van der Waals surface area contributed by atoms with Crippen LogP contribution in [0.3, 0.4) is 0 Å². The molecular formula is C7H6NO2-. The van der Waals surface area contributed by atoms with Crippen molar-refractivity contribution < 1.29 is 10.3 Å². The Balaban J connectivity index is 3.03. The van der Waals surface area contributed by atoms with Crippen molar-refractivity contribution in [3.8, 4) is 5.75 Å². The molecule has 0 unspecified atom stereocenters. The first kappa shape index (κ1) is 6.61. The van der Waals surface area contributed by atoms with Crippen LogP contribution in [0.4, 0.5) is 0 Å². The van der Waals surface area contributed by atoms with Gasteiger partial charge in [0, 0.05) is 0 Å². The maximum atomic E-state index is 10.8. The molecule has 0 amide bonds. The second-order valence-electron chi connectivity index (χ2n) is 1.78. The van der Waals surface area contributed by atoms with E-state index in [2.05, 4.69) is 5.16 Å². The normalized spacial score (nSPS) is 10.4. The van der Waals surface area contributed by atoms with Crippen LogP contribution in [-0.4, -0.2) is 11.4 Å². The van der Waals surface area contributed by atoms with Gasteiger partial charge in [-0.2, -0.15) is 0 Å². The Kier molecular flexibility index (Phi) is 1.89. The van der Waals surface area contributed by atoms with Crippen molar-refractivity contribution in [2.45, 2.75) is 0 Å². The molecule has 52 valence electrons. The number of hydrogen-bond acceptors (Lipinski definition) is 3. The molecule has 0 aliphatic rings. The highest BCUT2D eigenvalue weighted by atomic mass is 16.4. The van der Waals surface area contributed by atoms with Crippen LogP contribution in [0.15, 0.2) is 29.4 Å². The number of benzene rings is 1. The zero-order valence-corrected chi connectivity index (χ0v) is 5.19. The molecule has 0 heterocycles. The molecule has 1 N–H and O–H groups in total. The number of hydrogen-bond donors (Lipinski definition) is 1. The van der Waals surface area contributed by atoms with Crippen LogP contribution in [0.2, 0.25) is 0 Å². The van der Waals surface area contributed by atoms with Gasteiger partial charge in [0.15, 0.2) is 0 Å². The largest absolute Gasteiger partial charge is 0.872 e. The second kappa shape index (κ2) is 2.87. The summed E-state index contributed by atoms with van der Waals surface area (Å²) in [5.74, 6) is -0.139. The Morgan fingerprint density at radius 2 is 2.10 bits per heavy atom. The predicted octanol–water partition coefficient (Wildman–Crippen LogP) is 0.568. The highest BCUT2D eigenvalue weighted by Crippen LogP contribution is 2.08. The van der Waals surface area contributed by atoms with Gasteiger partial charge in [-0.25, -0.2) is 0 Å². The van der Waals surface area contributed by atoms with Crippen LogP contribution in [0.25, 0.3) is 0 Å². The van der Waals surface area contributed by atoms with E-state index in [1.807, 2.05) is 0 Å². The van der Waals surface area contributed by atoms with E-state index in [0.717, 1.165) is 6.21 Å². The van der Waals surface area contributed by atoms with Gasteiger partial charge >= 0.3 is 0 Å². The SMILES string of the molecule is [O-]c1ccccc1C=NO. The van der Waals surface area contributed by atoms with Crippen molar-refractivity contribution in [1.82, 2.24) is 0 Å². The molecule has 0 saturated carbocycles. The molecule has 0 aliphatic heterocycles. The van der Waals surface area contributed by atoms with Gasteiger partial charge in [-0.1, -0.05) is 35.2 Å². The van der Waals surface area contributed by atoms with Gasteiger partial charge in [-0.15, -0.1) is 0 Å². The minimum Gasteiger partial charge on any atom is -0.872 e. The fraction of sp³-hybridized carbons (Fsp3) is 0. The second-order valence-corrected chi connectivity index (χ2v) is 1.78. The third-order valence-corrected chi connectivity index (χ3v) is 1.12. The van der Waals surface area contributed by atoms with E-state index in [0.29, 0.717) is 5.56 Å². The zero-order valence-electron chi connectivity index (χ0n) is 5.19. The van der Waals surface area contributed by atoms with E-state index in [-0.39, 0.29) is 5.75 Å². The quantitative estimate of drug-likeness (QED) is 0.348. The third-order valence-electron chi connectivity index (χ3n) is 1.12. The van der Waals surface area contributed by atoms with Crippen LogP contribution in [-0.2, 0) is 0 Å². The minimum atomic E-state index is -0.139. The van der Waals surface area contributed by atoms with Crippen LogP contribution < -0.4 is 5.11 Å². The summed E-state index contributed by atoms with van der Waals surface area (Å²) < 4.78 is 0. The van der Waals surface area contributed by atoms with Crippen molar-refractivity contribution in [2.75, 3.05) is 0 Å². The van der Waals surface area contributed by atoms with Gasteiger partial charge in [0.25, 0.3) is 0 Å². The average molecular weight is 136 g/mol. The fourth-order valence-electron chi connectivity index (χ4n) is 0.649. The number of nitrogens with zero attached hydrogens (tertiary/aromatic N) is 1. The first-order chi connectivity index (χ1) is 4.84. The topological polar surface area (TPSA) is 55.7 Å². The molecule has 10 heavy (non-hydrogen) atoms. The summed E-state index contributed by atoms with van der Waals surface area (Å²) in [7, 11) is 0. The van der Waals surface area contributed by atoms with Crippen molar-refractivity contribution in [1.29, 1.82) is 0 Å². The predicted molar refractivity (Wildman–Crippen MR) is 35.3 cm³/mol. The molecule has 0 atom stereocenters. The van der Waals surface area contributed by atoms with Crippen LogP contribution in [0, 0.1) is 0 Å². The summed E-state index contributed by atoms with van der Waals surface area (Å²) in [4.78, 5) is 0. The summed E-state index contributed by atoms with van der Waals surface area (Å²) in [6.45, 7) is 0. The summed E-state index contributed by atoms with van der Waals surface area (Å²) >= 11 is 0. The maximum Gasteiger partial charge on any atom is 0.0727 e. The molecule has 0 spiro atoms. The molecule has 0 saturated heterocycles. The number of rotatable bonds is 1. The molecule has 1 aromatic rings. The molecule has 0 fully saturated rings. The van der Waals surface area contributed by atoms with Crippen molar-refractivity contribution in [2.24, 2.45) is 5.16 Å². The maximum absolute atomic E-state index is 10.8. The summed E-state index contributed by atoms with van der Waals surface area (Å²) in [5.41, 5.74) is 0.394. The van der Waals surface area contributed by atoms with Gasteiger partial charge in [0.1, 0.15) is 0 Å². The van der Waals surface area contributed by atoms with Gasteiger partial charge in [0.2, 0.25) is 0 Å². The van der Waals surface area contributed by atoms with Crippen molar-refractivity contribution in [3.63, 3.8) is 0 Å². The number of para-hydroxylation sites is 1. The Labute approximate surface area is 58.2 Å². The molecule has 1 aromatic carbocycles. The zero-order chi connectivity index (χ0) is 7.40. The van der Waals surface area contributed by atoms with Gasteiger partial charge in [-0.3, -0.25) is 0 Å². The van der Waals surface area contributed by atoms with Crippen LogP contribution in [0.1, 0.15) is 5.56 Å². The summed E-state index contributed by atoms with van der Waals surface area (Å²) in [5, 5.41) is 21.6. The fourth-order valence-corrected chi connectivity index (χ4v) is 0.649. The third kappa shape index (κ3) is 1.25. The molecule has 0 aromatic heterocycles. The lowest BCUT2D eigenvalue weighted by Crippen LogP contribution is -1.94. The van der Waals surface area contributed by atoms with Crippen LogP contribution >= 0.6 is 0 Å². The van der Waals surface area contributed by atoms with E-state index in [4.69, 9.17) is 5.21 Å².